The Morgan fingerprint density at radius 1 is 1.00 bits per heavy atom. The van der Waals surface area contributed by atoms with Crippen molar-refractivity contribution in [1.82, 2.24) is 0 Å². The number of rotatable bonds is 12. The van der Waals surface area contributed by atoms with E-state index in [0.717, 1.165) is 31.4 Å². The van der Waals surface area contributed by atoms with Crippen molar-refractivity contribution in [2.24, 2.45) is 5.92 Å². The second-order valence-corrected chi connectivity index (χ2v) is 14.7. The Bertz CT molecular complexity index is 637. The van der Waals surface area contributed by atoms with Crippen molar-refractivity contribution in [3.05, 3.63) is 35.6 Å². The molecule has 1 aromatic rings. The first-order chi connectivity index (χ1) is 13.6. The Labute approximate surface area is 177 Å². The van der Waals surface area contributed by atoms with Crippen molar-refractivity contribution < 1.29 is 18.3 Å². The first-order valence-electron chi connectivity index (χ1n) is 11.2. The van der Waals surface area contributed by atoms with Crippen LogP contribution in [0.4, 0.5) is 4.39 Å². The maximum Gasteiger partial charge on any atom is 0.313 e. The van der Waals surface area contributed by atoms with Crippen LogP contribution in [-0.4, -0.2) is 27.0 Å². The van der Waals surface area contributed by atoms with E-state index in [4.69, 9.17) is 9.16 Å². The van der Waals surface area contributed by atoms with Gasteiger partial charge in [0.25, 0.3) is 0 Å². The molecule has 0 radical (unpaired) electrons. The van der Waals surface area contributed by atoms with Crippen LogP contribution in [0.5, 0.6) is 0 Å². The molecule has 164 valence electrons. The molecule has 1 aromatic carbocycles. The van der Waals surface area contributed by atoms with Crippen molar-refractivity contribution in [2.45, 2.75) is 96.4 Å². The first-order valence-corrected chi connectivity index (χ1v) is 14.1. The summed E-state index contributed by atoms with van der Waals surface area (Å²) in [6.45, 7) is 12.3. The molecule has 2 rings (SSSR count). The fraction of sp³-hybridized carbons (Fsp3) is 0.708. The van der Waals surface area contributed by atoms with Crippen LogP contribution >= 0.6 is 0 Å². The van der Waals surface area contributed by atoms with E-state index in [2.05, 4.69) is 33.9 Å². The Morgan fingerprint density at radius 2 is 1.59 bits per heavy atom. The van der Waals surface area contributed by atoms with Gasteiger partial charge in [-0.05, 0) is 61.5 Å². The molecule has 1 saturated heterocycles. The smallest absolute Gasteiger partial charge is 0.313 e. The van der Waals surface area contributed by atoms with Crippen LogP contribution < -0.4 is 0 Å². The minimum atomic E-state index is -1.60. The largest absolute Gasteiger partial charge is 0.461 e. The number of esters is 1. The van der Waals surface area contributed by atoms with Gasteiger partial charge in [0.2, 0.25) is 0 Å². The van der Waals surface area contributed by atoms with E-state index in [1.807, 2.05) is 0 Å². The minimum Gasteiger partial charge on any atom is -0.461 e. The van der Waals surface area contributed by atoms with E-state index in [-0.39, 0.29) is 28.8 Å². The molecular weight excluding hydrogens is 383 g/mol. The molecule has 29 heavy (non-hydrogen) atoms. The molecule has 3 nitrogen and oxygen atoms in total. The molecule has 0 bridgehead atoms. The zero-order chi connectivity index (χ0) is 21.5. The van der Waals surface area contributed by atoms with Gasteiger partial charge in [0.15, 0.2) is 8.32 Å². The average Bonchev–Trinajstić information content (AvgIpc) is 2.64. The molecule has 0 amide bonds. The molecule has 0 N–H and O–H groups in total. The molecule has 0 aromatic heterocycles. The maximum atomic E-state index is 13.0. The molecule has 5 heteroatoms. The van der Waals surface area contributed by atoms with Gasteiger partial charge >= 0.3 is 5.97 Å². The fourth-order valence-corrected chi connectivity index (χ4v) is 4.53. The number of benzene rings is 1. The lowest BCUT2D eigenvalue weighted by Gasteiger charge is -2.36. The first kappa shape index (κ1) is 24.1. The van der Waals surface area contributed by atoms with Crippen molar-refractivity contribution >= 4 is 14.3 Å². The fourth-order valence-electron chi connectivity index (χ4n) is 3.45. The van der Waals surface area contributed by atoms with Gasteiger partial charge in [-0.25, -0.2) is 4.39 Å². The molecule has 1 aliphatic rings. The molecule has 0 spiro atoms. The summed E-state index contributed by atoms with van der Waals surface area (Å²) < 4.78 is 24.6. The number of halogens is 1. The highest BCUT2D eigenvalue weighted by molar-refractivity contribution is 6.74. The lowest BCUT2D eigenvalue weighted by molar-refractivity contribution is -0.185. The highest BCUT2D eigenvalue weighted by Gasteiger charge is 2.41. The van der Waals surface area contributed by atoms with Crippen molar-refractivity contribution in [3.8, 4) is 0 Å². The lowest BCUT2D eigenvalue weighted by atomic mass is 9.86. The quantitative estimate of drug-likeness (QED) is 0.214. The second-order valence-electron chi connectivity index (χ2n) is 9.93. The van der Waals surface area contributed by atoms with Crippen LogP contribution in [0.25, 0.3) is 0 Å². The molecule has 1 aliphatic heterocycles. The third-order valence-corrected chi connectivity index (χ3v) is 11.1. The number of cyclic esters (lactones) is 1. The van der Waals surface area contributed by atoms with Gasteiger partial charge in [-0.1, -0.05) is 58.6 Å². The monoisotopic (exact) mass is 422 g/mol. The van der Waals surface area contributed by atoms with Crippen LogP contribution in [-0.2, 0) is 20.4 Å². The Hall–Kier alpha value is -1.20. The molecule has 1 heterocycles. The summed E-state index contributed by atoms with van der Waals surface area (Å²) in [4.78, 5) is 11.8. The molecule has 0 saturated carbocycles. The third kappa shape index (κ3) is 7.52. The standard InChI is InChI=1S/C24H39FO3Si/c1-24(2,3)29(4,5)27-17-11-9-7-6-8-10-12-22-21(23(26)28-22)18-19-13-15-20(25)16-14-19/h13-16,21-22H,6-12,17-18H2,1-5H3. The molecule has 2 unspecified atom stereocenters. The topological polar surface area (TPSA) is 35.5 Å². The molecule has 1 fully saturated rings. The number of carbonyl (C=O) groups is 1. The van der Waals surface area contributed by atoms with E-state index >= 15 is 0 Å². The van der Waals surface area contributed by atoms with Crippen LogP contribution in [0.15, 0.2) is 24.3 Å². The van der Waals surface area contributed by atoms with Gasteiger partial charge in [-0.3, -0.25) is 4.79 Å². The van der Waals surface area contributed by atoms with Crippen LogP contribution in [0.3, 0.4) is 0 Å². The second kappa shape index (κ2) is 10.7. The van der Waals surface area contributed by atoms with E-state index in [1.165, 1.54) is 37.8 Å². The van der Waals surface area contributed by atoms with E-state index in [1.54, 1.807) is 12.1 Å². The van der Waals surface area contributed by atoms with E-state index in [9.17, 15) is 9.18 Å². The van der Waals surface area contributed by atoms with Crippen LogP contribution in [0.2, 0.25) is 18.1 Å². The van der Waals surface area contributed by atoms with Gasteiger partial charge in [0.1, 0.15) is 11.9 Å². The summed E-state index contributed by atoms with van der Waals surface area (Å²) in [6, 6.07) is 6.41. The van der Waals surface area contributed by atoms with E-state index in [0.29, 0.717) is 6.42 Å². The predicted molar refractivity (Wildman–Crippen MR) is 119 cm³/mol. The zero-order valence-electron chi connectivity index (χ0n) is 18.9. The van der Waals surface area contributed by atoms with Gasteiger partial charge < -0.3 is 9.16 Å². The van der Waals surface area contributed by atoms with Gasteiger partial charge in [0, 0.05) is 6.61 Å². The Morgan fingerprint density at radius 3 is 2.17 bits per heavy atom. The van der Waals surface area contributed by atoms with Gasteiger partial charge in [0.05, 0.1) is 5.92 Å². The Balaban J connectivity index is 1.52. The van der Waals surface area contributed by atoms with Gasteiger partial charge in [-0.15, -0.1) is 0 Å². The average molecular weight is 423 g/mol. The van der Waals surface area contributed by atoms with Gasteiger partial charge in [-0.2, -0.15) is 0 Å². The normalized spacial score (nSPS) is 19.7. The van der Waals surface area contributed by atoms with Crippen molar-refractivity contribution in [2.75, 3.05) is 6.61 Å². The number of ether oxygens (including phenoxy) is 1. The molecule has 0 aliphatic carbocycles. The summed E-state index contributed by atoms with van der Waals surface area (Å²) in [5.74, 6) is -0.415. The van der Waals surface area contributed by atoms with E-state index < -0.39 is 8.32 Å². The van der Waals surface area contributed by atoms with Crippen LogP contribution in [0.1, 0.15) is 71.3 Å². The highest BCUT2D eigenvalue weighted by Crippen LogP contribution is 2.36. The summed E-state index contributed by atoms with van der Waals surface area (Å²) in [6.07, 6.45) is 8.73. The molecular formula is C24H39FO3Si. The third-order valence-electron chi connectivity index (χ3n) is 6.54. The number of hydrogen-bond donors (Lipinski definition) is 0. The maximum absolute atomic E-state index is 13.0. The summed E-state index contributed by atoms with van der Waals surface area (Å²) >= 11 is 0. The molecule has 2 atom stereocenters. The summed E-state index contributed by atoms with van der Waals surface area (Å²) in [5, 5.41) is 0.284. The minimum absolute atomic E-state index is 0.0329. The summed E-state index contributed by atoms with van der Waals surface area (Å²) in [7, 11) is -1.60. The number of hydrogen-bond acceptors (Lipinski definition) is 3. The Kier molecular flexibility index (Phi) is 8.89. The van der Waals surface area contributed by atoms with Crippen molar-refractivity contribution in [3.63, 3.8) is 0 Å². The van der Waals surface area contributed by atoms with Crippen LogP contribution in [0, 0.1) is 11.7 Å². The number of unbranched alkanes of at least 4 members (excludes halogenated alkanes) is 5. The zero-order valence-corrected chi connectivity index (χ0v) is 19.9. The lowest BCUT2D eigenvalue weighted by Crippen LogP contribution is -2.46. The SMILES string of the molecule is CC(C)(C)[Si](C)(C)OCCCCCCCCC1OC(=O)C1Cc1ccc(F)cc1. The number of carbonyl (C=O) groups excluding carboxylic acids is 1. The highest BCUT2D eigenvalue weighted by atomic mass is 28.4. The summed E-state index contributed by atoms with van der Waals surface area (Å²) in [5.41, 5.74) is 0.998. The van der Waals surface area contributed by atoms with Crippen molar-refractivity contribution in [1.29, 1.82) is 0 Å². The predicted octanol–water partition coefficient (Wildman–Crippen LogP) is 6.66.